The quantitative estimate of drug-likeness (QED) is 0.406. The number of halogens is 3. The van der Waals surface area contributed by atoms with E-state index in [9.17, 15) is 9.18 Å². The lowest BCUT2D eigenvalue weighted by Crippen LogP contribution is -1.94. The average Bonchev–Trinajstić information content (AvgIpc) is 3.08. The Balaban J connectivity index is 0.000000211. The van der Waals surface area contributed by atoms with Crippen LogP contribution in [0.1, 0.15) is 10.4 Å². The Morgan fingerprint density at radius 2 is 1.96 bits per heavy atom. The molecule has 9 heteroatoms. The summed E-state index contributed by atoms with van der Waals surface area (Å²) >= 11 is 12.0. The van der Waals surface area contributed by atoms with Gasteiger partial charge in [0.2, 0.25) is 5.95 Å². The number of rotatable bonds is 3. The van der Waals surface area contributed by atoms with E-state index in [1.807, 2.05) is 0 Å². The fourth-order valence-corrected chi connectivity index (χ4v) is 2.61. The molecule has 2 heterocycles. The first-order valence-electron chi connectivity index (χ1n) is 7.93. The highest BCUT2D eigenvalue weighted by atomic mass is 35.5. The van der Waals surface area contributed by atoms with Crippen molar-refractivity contribution in [3.05, 3.63) is 82.4 Å². The van der Waals surface area contributed by atoms with Gasteiger partial charge in [0, 0.05) is 12.4 Å². The lowest BCUT2D eigenvalue weighted by molar-refractivity contribution is 0.0696. The molecule has 0 fully saturated rings. The van der Waals surface area contributed by atoms with Gasteiger partial charge in [0.25, 0.3) is 0 Å². The molecule has 0 saturated heterocycles. The molecule has 0 aliphatic carbocycles. The number of hydrogen-bond donors (Lipinski definition) is 3. The minimum Gasteiger partial charge on any atom is -0.478 e. The lowest BCUT2D eigenvalue weighted by atomic mass is 10.3. The van der Waals surface area contributed by atoms with Crippen LogP contribution in [0.15, 0.2) is 60.9 Å². The summed E-state index contributed by atoms with van der Waals surface area (Å²) < 4.78 is 13.1. The van der Waals surface area contributed by atoms with Gasteiger partial charge in [0.05, 0.1) is 32.3 Å². The van der Waals surface area contributed by atoms with Crippen LogP contribution in [0.2, 0.25) is 10.0 Å². The van der Waals surface area contributed by atoms with E-state index in [2.05, 4.69) is 20.3 Å². The van der Waals surface area contributed by atoms with Crippen LogP contribution < -0.4 is 5.32 Å². The molecule has 0 saturated carbocycles. The normalized spacial score (nSPS) is 10.2. The molecule has 0 aliphatic heterocycles. The van der Waals surface area contributed by atoms with Gasteiger partial charge < -0.3 is 15.4 Å². The number of carboxylic acid groups (broad SMARTS) is 1. The maximum Gasteiger partial charge on any atom is 0.337 e. The second kappa shape index (κ2) is 8.69. The van der Waals surface area contributed by atoms with Crippen LogP contribution >= 0.6 is 23.2 Å². The van der Waals surface area contributed by atoms with Gasteiger partial charge >= 0.3 is 5.97 Å². The van der Waals surface area contributed by atoms with Crippen LogP contribution in [0.25, 0.3) is 11.0 Å². The molecule has 0 amide bonds. The van der Waals surface area contributed by atoms with E-state index >= 15 is 0 Å². The second-order valence-electron chi connectivity index (χ2n) is 5.52. The summed E-state index contributed by atoms with van der Waals surface area (Å²) in [5.41, 5.74) is 2.13. The molecule has 0 bridgehead atoms. The number of H-pyrrole nitrogens is 1. The fraction of sp³-hybridized carbons (Fsp3) is 0. The third-order valence-corrected chi connectivity index (χ3v) is 4.38. The number of benzene rings is 2. The molecule has 0 radical (unpaired) electrons. The van der Waals surface area contributed by atoms with Gasteiger partial charge in [-0.1, -0.05) is 29.3 Å². The van der Waals surface area contributed by atoms with E-state index in [0.717, 1.165) is 0 Å². The van der Waals surface area contributed by atoms with Crippen LogP contribution in [0.4, 0.5) is 16.0 Å². The number of pyridine rings is 1. The molecule has 0 spiro atoms. The van der Waals surface area contributed by atoms with Crippen LogP contribution in [0.5, 0.6) is 0 Å². The van der Waals surface area contributed by atoms with Crippen LogP contribution in [0.3, 0.4) is 0 Å². The Morgan fingerprint density at radius 1 is 1.14 bits per heavy atom. The third-order valence-electron chi connectivity index (χ3n) is 3.56. The van der Waals surface area contributed by atoms with E-state index < -0.39 is 5.97 Å². The molecular formula is C19H13Cl2FN4O2. The molecule has 0 atom stereocenters. The summed E-state index contributed by atoms with van der Waals surface area (Å²) in [5.74, 6) is -0.781. The number of anilines is 2. The van der Waals surface area contributed by atoms with Crippen LogP contribution in [-0.2, 0) is 0 Å². The number of carbonyl (C=O) groups is 1. The van der Waals surface area contributed by atoms with Crippen molar-refractivity contribution < 1.29 is 14.3 Å². The molecule has 2 aromatic heterocycles. The molecule has 0 aliphatic rings. The van der Waals surface area contributed by atoms with Gasteiger partial charge in [-0.05, 0) is 42.5 Å². The molecule has 0 unspecified atom stereocenters. The van der Waals surface area contributed by atoms with Crippen molar-refractivity contribution in [1.29, 1.82) is 0 Å². The zero-order valence-electron chi connectivity index (χ0n) is 14.2. The SMILES string of the molecule is Fc1ccc2nc(Nc3cccc(Cl)c3Cl)[nH]c2c1.O=C(O)c1cccnc1. The predicted molar refractivity (Wildman–Crippen MR) is 107 cm³/mol. The Labute approximate surface area is 169 Å². The Bertz CT molecular complexity index is 1120. The van der Waals surface area contributed by atoms with Crippen molar-refractivity contribution in [2.75, 3.05) is 5.32 Å². The molecule has 2 aromatic carbocycles. The number of nitrogens with zero attached hydrogens (tertiary/aromatic N) is 2. The first kappa shape index (κ1) is 19.6. The highest BCUT2D eigenvalue weighted by Gasteiger charge is 2.08. The topological polar surface area (TPSA) is 90.9 Å². The number of nitrogens with one attached hydrogen (secondary N) is 2. The minimum atomic E-state index is -0.942. The first-order chi connectivity index (χ1) is 13.4. The van der Waals surface area contributed by atoms with Crippen molar-refractivity contribution >= 4 is 51.8 Å². The number of carboxylic acids is 1. The van der Waals surface area contributed by atoms with E-state index in [1.165, 1.54) is 30.6 Å². The summed E-state index contributed by atoms with van der Waals surface area (Å²) in [6, 6.07) is 12.7. The molecule has 3 N–H and O–H groups in total. The van der Waals surface area contributed by atoms with Gasteiger partial charge in [-0.2, -0.15) is 0 Å². The van der Waals surface area contributed by atoms with Crippen molar-refractivity contribution in [2.45, 2.75) is 0 Å². The van der Waals surface area contributed by atoms with Crippen LogP contribution in [0, 0.1) is 5.82 Å². The third kappa shape index (κ3) is 4.76. The van der Waals surface area contributed by atoms with E-state index in [-0.39, 0.29) is 11.4 Å². The largest absolute Gasteiger partial charge is 0.478 e. The van der Waals surface area contributed by atoms with E-state index in [1.54, 1.807) is 30.3 Å². The summed E-state index contributed by atoms with van der Waals surface area (Å²) in [4.78, 5) is 21.0. The maximum absolute atomic E-state index is 13.1. The van der Waals surface area contributed by atoms with Gasteiger partial charge in [-0.3, -0.25) is 4.98 Å². The number of aromatic carboxylic acids is 1. The molecule has 28 heavy (non-hydrogen) atoms. The Hall–Kier alpha value is -3.16. The average molecular weight is 419 g/mol. The van der Waals surface area contributed by atoms with E-state index in [0.29, 0.717) is 32.7 Å². The van der Waals surface area contributed by atoms with Crippen molar-refractivity contribution in [3.63, 3.8) is 0 Å². The van der Waals surface area contributed by atoms with Crippen molar-refractivity contribution in [1.82, 2.24) is 15.0 Å². The van der Waals surface area contributed by atoms with E-state index in [4.69, 9.17) is 28.3 Å². The number of aromatic nitrogens is 3. The highest BCUT2D eigenvalue weighted by Crippen LogP contribution is 2.31. The summed E-state index contributed by atoms with van der Waals surface area (Å²) in [6.07, 6.45) is 2.84. The van der Waals surface area contributed by atoms with Crippen LogP contribution in [-0.4, -0.2) is 26.0 Å². The van der Waals surface area contributed by atoms with Crippen molar-refractivity contribution in [3.8, 4) is 0 Å². The van der Waals surface area contributed by atoms with Crippen molar-refractivity contribution in [2.24, 2.45) is 0 Å². The fourth-order valence-electron chi connectivity index (χ4n) is 2.26. The standard InChI is InChI=1S/C13H8Cl2FN3.C6H5NO2/c14-8-2-1-3-10(12(8)15)18-13-17-9-5-4-7(16)6-11(9)19-13;8-6(9)5-2-1-3-7-4-5/h1-6H,(H2,17,18,19);1-4H,(H,8,9). The smallest absolute Gasteiger partial charge is 0.337 e. The molecule has 4 aromatic rings. The lowest BCUT2D eigenvalue weighted by Gasteiger charge is -2.05. The zero-order valence-corrected chi connectivity index (χ0v) is 15.7. The molecular weight excluding hydrogens is 406 g/mol. The second-order valence-corrected chi connectivity index (χ2v) is 6.31. The van der Waals surface area contributed by atoms with Gasteiger partial charge in [0.15, 0.2) is 0 Å². The highest BCUT2D eigenvalue weighted by molar-refractivity contribution is 6.43. The molecule has 4 rings (SSSR count). The molecule has 6 nitrogen and oxygen atoms in total. The Morgan fingerprint density at radius 3 is 2.64 bits per heavy atom. The minimum absolute atomic E-state index is 0.220. The first-order valence-corrected chi connectivity index (χ1v) is 8.69. The van der Waals surface area contributed by atoms with Gasteiger partial charge in [-0.25, -0.2) is 14.2 Å². The number of hydrogen-bond acceptors (Lipinski definition) is 4. The maximum atomic E-state index is 13.1. The summed E-state index contributed by atoms with van der Waals surface area (Å²) in [7, 11) is 0. The molecule has 142 valence electrons. The number of fused-ring (bicyclic) bond motifs is 1. The predicted octanol–water partition coefficient (Wildman–Crippen LogP) is 5.53. The Kier molecular flexibility index (Phi) is 6.08. The number of aromatic amines is 1. The monoisotopic (exact) mass is 418 g/mol. The van der Waals surface area contributed by atoms with Gasteiger partial charge in [-0.15, -0.1) is 0 Å². The van der Waals surface area contributed by atoms with Gasteiger partial charge in [0.1, 0.15) is 5.82 Å². The summed E-state index contributed by atoms with van der Waals surface area (Å²) in [6.45, 7) is 0. The number of imidazole rings is 1. The zero-order chi connectivity index (χ0) is 20.1. The summed E-state index contributed by atoms with van der Waals surface area (Å²) in [5, 5.41) is 12.2.